The molecule has 0 fully saturated rings. The molecule has 0 radical (unpaired) electrons. The van der Waals surface area contributed by atoms with Crippen molar-refractivity contribution in [2.75, 3.05) is 6.61 Å². The highest BCUT2D eigenvalue weighted by Crippen LogP contribution is 2.07. The molecule has 0 saturated heterocycles. The SMILES string of the molecule is C=CC(CCCCC)OCCn1cc(C)cn1. The maximum atomic E-state index is 5.77. The van der Waals surface area contributed by atoms with Crippen molar-refractivity contribution in [2.45, 2.75) is 52.2 Å². The third-order valence-corrected chi connectivity index (χ3v) is 2.77. The van der Waals surface area contributed by atoms with Crippen LogP contribution in [0.5, 0.6) is 0 Å². The van der Waals surface area contributed by atoms with Crippen molar-refractivity contribution in [1.82, 2.24) is 9.78 Å². The lowest BCUT2D eigenvalue weighted by Crippen LogP contribution is -2.14. The Bertz CT molecular complexity index is 320. The molecule has 3 heteroatoms. The van der Waals surface area contributed by atoms with Gasteiger partial charge in [0, 0.05) is 6.20 Å². The Hall–Kier alpha value is -1.09. The molecular formula is C14H24N2O. The Balaban J connectivity index is 2.16. The van der Waals surface area contributed by atoms with Crippen molar-refractivity contribution >= 4 is 0 Å². The molecule has 1 aromatic heterocycles. The molecular weight excluding hydrogens is 212 g/mol. The maximum Gasteiger partial charge on any atom is 0.0754 e. The van der Waals surface area contributed by atoms with E-state index in [0.29, 0.717) is 6.61 Å². The van der Waals surface area contributed by atoms with Crippen molar-refractivity contribution in [3.8, 4) is 0 Å². The molecule has 96 valence electrons. The van der Waals surface area contributed by atoms with Crippen LogP contribution in [0.2, 0.25) is 0 Å². The number of unbranched alkanes of at least 4 members (excludes halogenated alkanes) is 2. The topological polar surface area (TPSA) is 27.1 Å². The van der Waals surface area contributed by atoms with Crippen LogP contribution in [0.15, 0.2) is 25.0 Å². The average molecular weight is 236 g/mol. The number of hydrogen-bond acceptors (Lipinski definition) is 2. The van der Waals surface area contributed by atoms with Crippen molar-refractivity contribution in [3.63, 3.8) is 0 Å². The van der Waals surface area contributed by atoms with Gasteiger partial charge >= 0.3 is 0 Å². The van der Waals surface area contributed by atoms with Gasteiger partial charge in [-0.2, -0.15) is 5.10 Å². The zero-order valence-electron chi connectivity index (χ0n) is 11.1. The van der Waals surface area contributed by atoms with E-state index in [-0.39, 0.29) is 6.10 Å². The van der Waals surface area contributed by atoms with Gasteiger partial charge in [-0.15, -0.1) is 6.58 Å². The fraction of sp³-hybridized carbons (Fsp3) is 0.643. The van der Waals surface area contributed by atoms with Crippen LogP contribution in [-0.2, 0) is 11.3 Å². The van der Waals surface area contributed by atoms with Crippen molar-refractivity contribution in [3.05, 3.63) is 30.6 Å². The van der Waals surface area contributed by atoms with Gasteiger partial charge in [0.2, 0.25) is 0 Å². The van der Waals surface area contributed by atoms with Gasteiger partial charge in [-0.1, -0.05) is 32.3 Å². The summed E-state index contributed by atoms with van der Waals surface area (Å²) in [5.41, 5.74) is 1.19. The minimum absolute atomic E-state index is 0.193. The van der Waals surface area contributed by atoms with Gasteiger partial charge in [0.25, 0.3) is 0 Å². The Kier molecular flexibility index (Phi) is 6.63. The summed E-state index contributed by atoms with van der Waals surface area (Å²) in [7, 11) is 0. The molecule has 0 saturated carbocycles. The largest absolute Gasteiger partial charge is 0.372 e. The minimum atomic E-state index is 0.193. The molecule has 0 bridgehead atoms. The Morgan fingerprint density at radius 3 is 2.94 bits per heavy atom. The maximum absolute atomic E-state index is 5.77. The number of ether oxygens (including phenoxy) is 1. The third-order valence-electron chi connectivity index (χ3n) is 2.77. The van der Waals surface area contributed by atoms with Gasteiger partial charge in [-0.25, -0.2) is 0 Å². The van der Waals surface area contributed by atoms with Crippen LogP contribution in [0.25, 0.3) is 0 Å². The van der Waals surface area contributed by atoms with E-state index in [0.717, 1.165) is 13.0 Å². The molecule has 1 heterocycles. The summed E-state index contributed by atoms with van der Waals surface area (Å²) >= 11 is 0. The second kappa shape index (κ2) is 8.07. The predicted octanol–water partition coefficient (Wildman–Crippen LogP) is 3.34. The minimum Gasteiger partial charge on any atom is -0.372 e. The molecule has 0 aromatic carbocycles. The molecule has 0 aliphatic carbocycles. The second-order valence-corrected chi connectivity index (χ2v) is 4.42. The van der Waals surface area contributed by atoms with Crippen LogP contribution in [0.3, 0.4) is 0 Å². The number of rotatable bonds is 9. The van der Waals surface area contributed by atoms with Crippen LogP contribution in [0, 0.1) is 6.92 Å². The smallest absolute Gasteiger partial charge is 0.0754 e. The number of aromatic nitrogens is 2. The summed E-state index contributed by atoms with van der Waals surface area (Å²) in [6.45, 7) is 9.59. The lowest BCUT2D eigenvalue weighted by molar-refractivity contribution is 0.0702. The number of hydrogen-bond donors (Lipinski definition) is 0. The lowest BCUT2D eigenvalue weighted by Gasteiger charge is -2.13. The van der Waals surface area contributed by atoms with Crippen molar-refractivity contribution < 1.29 is 4.74 Å². The molecule has 0 aliphatic heterocycles. The van der Waals surface area contributed by atoms with E-state index in [1.54, 1.807) is 0 Å². The van der Waals surface area contributed by atoms with Crippen LogP contribution in [-0.4, -0.2) is 22.5 Å². The standard InChI is InChI=1S/C14H24N2O/c1-4-6-7-8-14(5-2)17-10-9-16-12-13(3)11-15-16/h5,11-12,14H,2,4,6-10H2,1,3H3. The van der Waals surface area contributed by atoms with Crippen LogP contribution in [0.1, 0.15) is 38.2 Å². The van der Waals surface area contributed by atoms with Crippen LogP contribution >= 0.6 is 0 Å². The number of aryl methyl sites for hydroxylation is 1. The van der Waals surface area contributed by atoms with Gasteiger partial charge in [-0.05, 0) is 18.9 Å². The highest BCUT2D eigenvalue weighted by Gasteiger charge is 2.04. The van der Waals surface area contributed by atoms with Gasteiger partial charge in [0.05, 0.1) is 25.5 Å². The monoisotopic (exact) mass is 236 g/mol. The molecule has 17 heavy (non-hydrogen) atoms. The molecule has 3 nitrogen and oxygen atoms in total. The van der Waals surface area contributed by atoms with Gasteiger partial charge in [-0.3, -0.25) is 4.68 Å². The molecule has 0 spiro atoms. The van der Waals surface area contributed by atoms with E-state index in [4.69, 9.17) is 4.74 Å². The van der Waals surface area contributed by atoms with E-state index < -0.39 is 0 Å². The van der Waals surface area contributed by atoms with Crippen molar-refractivity contribution in [2.24, 2.45) is 0 Å². The van der Waals surface area contributed by atoms with Gasteiger partial charge < -0.3 is 4.74 Å². The molecule has 1 rings (SSSR count). The van der Waals surface area contributed by atoms with Gasteiger partial charge in [0.1, 0.15) is 0 Å². The second-order valence-electron chi connectivity index (χ2n) is 4.42. The van der Waals surface area contributed by atoms with E-state index in [2.05, 4.69) is 18.6 Å². The molecule has 1 atom stereocenters. The summed E-state index contributed by atoms with van der Waals surface area (Å²) in [4.78, 5) is 0. The first-order chi connectivity index (χ1) is 8.26. The zero-order valence-corrected chi connectivity index (χ0v) is 11.1. The predicted molar refractivity (Wildman–Crippen MR) is 71.0 cm³/mol. The lowest BCUT2D eigenvalue weighted by atomic mass is 10.1. The first kappa shape index (κ1) is 14.0. The van der Waals surface area contributed by atoms with Crippen LogP contribution < -0.4 is 0 Å². The quantitative estimate of drug-likeness (QED) is 0.485. The van der Waals surface area contributed by atoms with E-state index in [1.165, 1.54) is 24.8 Å². The zero-order chi connectivity index (χ0) is 12.5. The fourth-order valence-corrected chi connectivity index (χ4v) is 1.75. The Morgan fingerprint density at radius 2 is 2.35 bits per heavy atom. The summed E-state index contributed by atoms with van der Waals surface area (Å²) in [5, 5.41) is 4.22. The third kappa shape index (κ3) is 5.68. The normalized spacial score (nSPS) is 12.6. The molecule has 1 unspecified atom stereocenters. The molecule has 0 N–H and O–H groups in total. The fourth-order valence-electron chi connectivity index (χ4n) is 1.75. The highest BCUT2D eigenvalue weighted by molar-refractivity contribution is 4.99. The first-order valence-electron chi connectivity index (χ1n) is 6.49. The van der Waals surface area contributed by atoms with E-state index in [1.807, 2.05) is 30.1 Å². The van der Waals surface area contributed by atoms with Gasteiger partial charge in [0.15, 0.2) is 0 Å². The van der Waals surface area contributed by atoms with E-state index >= 15 is 0 Å². The summed E-state index contributed by atoms with van der Waals surface area (Å²) in [6, 6.07) is 0. The molecule has 1 aromatic rings. The van der Waals surface area contributed by atoms with Crippen LogP contribution in [0.4, 0.5) is 0 Å². The highest BCUT2D eigenvalue weighted by atomic mass is 16.5. The summed E-state index contributed by atoms with van der Waals surface area (Å²) in [5.74, 6) is 0. The average Bonchev–Trinajstić information content (AvgIpc) is 2.73. The summed E-state index contributed by atoms with van der Waals surface area (Å²) < 4.78 is 7.69. The Labute approximate surface area is 104 Å². The summed E-state index contributed by atoms with van der Waals surface area (Å²) in [6.07, 6.45) is 10.8. The number of nitrogens with zero attached hydrogens (tertiary/aromatic N) is 2. The van der Waals surface area contributed by atoms with E-state index in [9.17, 15) is 0 Å². The first-order valence-corrected chi connectivity index (χ1v) is 6.49. The van der Waals surface area contributed by atoms with Crippen molar-refractivity contribution in [1.29, 1.82) is 0 Å². The molecule has 0 amide bonds. The molecule has 0 aliphatic rings. The Morgan fingerprint density at radius 1 is 1.53 bits per heavy atom.